The molecule has 6 rings (SSSR count). The van der Waals surface area contributed by atoms with Crippen LogP contribution in [0.1, 0.15) is 64.7 Å². The van der Waals surface area contributed by atoms with Gasteiger partial charge in [0.15, 0.2) is 11.6 Å². The van der Waals surface area contributed by atoms with Crippen molar-refractivity contribution in [1.29, 1.82) is 5.26 Å². The minimum atomic E-state index is -0.494. The fraction of sp³-hybridized carbons (Fsp3) is 0.880. The zero-order chi connectivity index (χ0) is 20.4. The minimum absolute atomic E-state index is 0.0732. The van der Waals surface area contributed by atoms with Crippen molar-refractivity contribution in [2.24, 2.45) is 35.0 Å². The Hall–Kier alpha value is -0.930. The Morgan fingerprint density at radius 2 is 1.70 bits per heavy atom. The molecule has 0 aromatic carbocycles. The third kappa shape index (κ3) is 2.73. The van der Waals surface area contributed by atoms with Gasteiger partial charge in [-0.3, -0.25) is 0 Å². The number of nitrogens with zero attached hydrogens (tertiary/aromatic N) is 1. The molecule has 0 radical (unpaired) electrons. The molecule has 30 heavy (non-hydrogen) atoms. The molecule has 6 aliphatic rings. The van der Waals surface area contributed by atoms with E-state index in [2.05, 4.69) is 19.1 Å². The van der Waals surface area contributed by atoms with E-state index in [1.807, 2.05) is 0 Å². The Morgan fingerprint density at radius 3 is 2.47 bits per heavy atom. The first-order valence-corrected chi connectivity index (χ1v) is 12.2. The van der Waals surface area contributed by atoms with Crippen LogP contribution in [-0.4, -0.2) is 38.0 Å². The van der Waals surface area contributed by atoms with Gasteiger partial charge < -0.3 is 18.9 Å². The van der Waals surface area contributed by atoms with Crippen LogP contribution in [-0.2, 0) is 18.9 Å². The van der Waals surface area contributed by atoms with Gasteiger partial charge in [0.25, 0.3) is 0 Å². The summed E-state index contributed by atoms with van der Waals surface area (Å²) < 4.78 is 24.3. The fourth-order valence-corrected chi connectivity index (χ4v) is 8.83. The third-order valence-electron chi connectivity index (χ3n) is 9.86. The van der Waals surface area contributed by atoms with Gasteiger partial charge in [0.2, 0.25) is 0 Å². The summed E-state index contributed by atoms with van der Waals surface area (Å²) in [5, 5.41) is 9.84. The monoisotopic (exact) mass is 413 g/mol. The Balaban J connectivity index is 1.29. The zero-order valence-corrected chi connectivity index (χ0v) is 18.2. The highest BCUT2D eigenvalue weighted by molar-refractivity contribution is 5.23. The fourth-order valence-electron chi connectivity index (χ4n) is 8.83. The first-order chi connectivity index (χ1) is 14.6. The zero-order valence-electron chi connectivity index (χ0n) is 18.2. The lowest BCUT2D eigenvalue weighted by molar-refractivity contribution is -0.216. The van der Waals surface area contributed by atoms with Crippen LogP contribution in [0.15, 0.2) is 11.6 Å². The summed E-state index contributed by atoms with van der Waals surface area (Å²) in [6.45, 7) is 4.97. The molecule has 5 nitrogen and oxygen atoms in total. The van der Waals surface area contributed by atoms with Crippen LogP contribution in [0, 0.1) is 46.3 Å². The Labute approximate surface area is 180 Å². The number of rotatable bonds is 2. The maximum Gasteiger partial charge on any atom is 0.188 e. The second-order valence-corrected chi connectivity index (χ2v) is 10.8. The maximum absolute atomic E-state index is 9.84. The van der Waals surface area contributed by atoms with Crippen LogP contribution in [0.2, 0.25) is 0 Å². The highest BCUT2D eigenvalue weighted by Crippen LogP contribution is 2.67. The molecule has 0 N–H and O–H groups in total. The van der Waals surface area contributed by atoms with E-state index >= 15 is 0 Å². The van der Waals surface area contributed by atoms with E-state index in [1.54, 1.807) is 5.57 Å². The summed E-state index contributed by atoms with van der Waals surface area (Å²) in [4.78, 5) is 0. The SMILES string of the molecule is CC1(C2CCC3C4CCC5=CC6(CCC5C4CCC32CC#N)OCCO6)OCCO1. The van der Waals surface area contributed by atoms with Crippen molar-refractivity contribution in [3.63, 3.8) is 0 Å². The summed E-state index contributed by atoms with van der Waals surface area (Å²) in [6.07, 6.45) is 12.4. The average Bonchev–Trinajstić information content (AvgIpc) is 3.47. The topological polar surface area (TPSA) is 60.7 Å². The van der Waals surface area contributed by atoms with Crippen LogP contribution in [0.4, 0.5) is 0 Å². The van der Waals surface area contributed by atoms with Crippen LogP contribution in [0.5, 0.6) is 0 Å². The van der Waals surface area contributed by atoms with E-state index in [1.165, 1.54) is 32.1 Å². The lowest BCUT2D eigenvalue weighted by Gasteiger charge is -2.56. The predicted octanol–water partition coefficient (Wildman–Crippen LogP) is 4.58. The summed E-state index contributed by atoms with van der Waals surface area (Å²) in [5.74, 6) is 2.28. The van der Waals surface area contributed by atoms with E-state index in [9.17, 15) is 5.26 Å². The van der Waals surface area contributed by atoms with Gasteiger partial charge in [0.1, 0.15) is 0 Å². The van der Waals surface area contributed by atoms with Crippen molar-refractivity contribution >= 4 is 0 Å². The summed E-state index contributed by atoms with van der Waals surface area (Å²) in [6, 6.07) is 2.60. The van der Waals surface area contributed by atoms with E-state index in [4.69, 9.17) is 18.9 Å². The number of fused-ring (bicyclic) bond motifs is 5. The molecule has 6 unspecified atom stereocenters. The van der Waals surface area contributed by atoms with Crippen molar-refractivity contribution < 1.29 is 18.9 Å². The number of ether oxygens (including phenoxy) is 4. The molecule has 2 heterocycles. The van der Waals surface area contributed by atoms with Gasteiger partial charge in [0.05, 0.1) is 32.5 Å². The number of nitriles is 1. The van der Waals surface area contributed by atoms with Crippen LogP contribution >= 0.6 is 0 Å². The minimum Gasteiger partial charge on any atom is -0.348 e. The van der Waals surface area contributed by atoms with Gasteiger partial charge in [-0.05, 0) is 87.0 Å². The van der Waals surface area contributed by atoms with E-state index < -0.39 is 11.6 Å². The van der Waals surface area contributed by atoms with Crippen LogP contribution < -0.4 is 0 Å². The summed E-state index contributed by atoms with van der Waals surface area (Å²) in [7, 11) is 0. The number of allylic oxidation sites excluding steroid dienone is 1. The Morgan fingerprint density at radius 1 is 0.933 bits per heavy atom. The molecular weight excluding hydrogens is 378 g/mol. The second kappa shape index (κ2) is 7.04. The molecule has 6 atom stereocenters. The molecule has 0 aromatic heterocycles. The molecule has 1 spiro atoms. The van der Waals surface area contributed by atoms with Crippen molar-refractivity contribution in [2.45, 2.75) is 76.3 Å². The molecule has 2 saturated heterocycles. The van der Waals surface area contributed by atoms with Gasteiger partial charge in [-0.25, -0.2) is 0 Å². The average molecular weight is 414 g/mol. The number of hydrogen-bond donors (Lipinski definition) is 0. The Bertz CT molecular complexity index is 760. The smallest absolute Gasteiger partial charge is 0.188 e. The first kappa shape index (κ1) is 19.7. The maximum atomic E-state index is 9.84. The van der Waals surface area contributed by atoms with Crippen molar-refractivity contribution in [1.82, 2.24) is 0 Å². The normalized spacial score (nSPS) is 46.0. The van der Waals surface area contributed by atoms with Gasteiger partial charge in [0, 0.05) is 18.8 Å². The van der Waals surface area contributed by atoms with Crippen molar-refractivity contribution in [2.75, 3.05) is 26.4 Å². The van der Waals surface area contributed by atoms with E-state index in [-0.39, 0.29) is 5.41 Å². The van der Waals surface area contributed by atoms with E-state index in [0.717, 1.165) is 44.3 Å². The molecule has 0 bridgehead atoms. The lowest BCUT2D eigenvalue weighted by atomic mass is 9.49. The number of hydrogen-bond acceptors (Lipinski definition) is 5. The quantitative estimate of drug-likeness (QED) is 0.621. The highest BCUT2D eigenvalue weighted by Gasteiger charge is 2.63. The Kier molecular flexibility index (Phi) is 4.63. The van der Waals surface area contributed by atoms with Gasteiger partial charge in [-0.2, -0.15) is 5.26 Å². The van der Waals surface area contributed by atoms with E-state index in [0.29, 0.717) is 37.4 Å². The lowest BCUT2D eigenvalue weighted by Crippen LogP contribution is -2.52. The van der Waals surface area contributed by atoms with Gasteiger partial charge >= 0.3 is 0 Å². The standard InChI is InChI=1S/C25H35NO4/c1-23(27-12-13-28-23)22-5-4-21-20-3-2-17-16-25(29-14-15-30-25)9-7-18(17)19(20)6-8-24(21,22)10-11-26/h16,18-22H,2-10,12-15H2,1H3. The van der Waals surface area contributed by atoms with Gasteiger partial charge in [-0.1, -0.05) is 5.57 Å². The molecule has 4 aliphatic carbocycles. The summed E-state index contributed by atoms with van der Waals surface area (Å²) in [5.41, 5.74) is 1.67. The predicted molar refractivity (Wildman–Crippen MR) is 110 cm³/mol. The molecule has 0 aromatic rings. The first-order valence-electron chi connectivity index (χ1n) is 12.2. The molecule has 0 amide bonds. The largest absolute Gasteiger partial charge is 0.348 e. The highest BCUT2D eigenvalue weighted by atomic mass is 16.7. The molecule has 5 fully saturated rings. The van der Waals surface area contributed by atoms with Crippen molar-refractivity contribution in [3.05, 3.63) is 11.6 Å². The third-order valence-corrected chi connectivity index (χ3v) is 9.86. The second-order valence-electron chi connectivity index (χ2n) is 10.8. The molecular formula is C25H35NO4. The molecule has 5 heteroatoms. The molecule has 164 valence electrons. The molecule has 3 saturated carbocycles. The van der Waals surface area contributed by atoms with Gasteiger partial charge in [-0.15, -0.1) is 0 Å². The summed E-state index contributed by atoms with van der Waals surface area (Å²) >= 11 is 0. The van der Waals surface area contributed by atoms with Crippen molar-refractivity contribution in [3.8, 4) is 6.07 Å². The van der Waals surface area contributed by atoms with Crippen LogP contribution in [0.3, 0.4) is 0 Å². The van der Waals surface area contributed by atoms with Crippen LogP contribution in [0.25, 0.3) is 0 Å². The molecule has 2 aliphatic heterocycles.